The lowest BCUT2D eigenvalue weighted by Crippen LogP contribution is -2.46. The first-order valence-corrected chi connectivity index (χ1v) is 7.95. The van der Waals surface area contributed by atoms with E-state index in [1.165, 1.54) is 13.3 Å². The second kappa shape index (κ2) is 8.24. The number of nitrogens with one attached hydrogen (secondary N) is 2. The van der Waals surface area contributed by atoms with Crippen molar-refractivity contribution in [1.29, 1.82) is 0 Å². The molecule has 0 aliphatic carbocycles. The van der Waals surface area contributed by atoms with Gasteiger partial charge < -0.3 is 10.6 Å². The lowest BCUT2D eigenvalue weighted by atomic mass is 10.0. The maximum Gasteiger partial charge on any atom is 0.242 e. The van der Waals surface area contributed by atoms with Gasteiger partial charge in [-0.15, -0.1) is 0 Å². The number of nitrogens with zero attached hydrogens (tertiary/aromatic N) is 3. The standard InChI is InChI=1S/C17H23N5O2/c1-12(2)8-15(21-13(3)23)17(24)19-9-14-6-4-5-7-16(14)22-11-18-10-20-22/h4-7,10-12,15H,8-9H2,1-3H3,(H,19,24)(H,21,23)/t15-/m0/s1. The molecule has 0 bridgehead atoms. The summed E-state index contributed by atoms with van der Waals surface area (Å²) in [5, 5.41) is 9.73. The summed E-state index contributed by atoms with van der Waals surface area (Å²) in [5.41, 5.74) is 1.78. The third-order valence-electron chi connectivity index (χ3n) is 3.51. The Labute approximate surface area is 141 Å². The van der Waals surface area contributed by atoms with Crippen LogP contribution in [0.2, 0.25) is 0 Å². The van der Waals surface area contributed by atoms with E-state index in [9.17, 15) is 9.59 Å². The predicted octanol–water partition coefficient (Wildman–Crippen LogP) is 1.43. The molecular formula is C17H23N5O2. The monoisotopic (exact) mass is 329 g/mol. The number of amides is 2. The molecule has 0 radical (unpaired) electrons. The van der Waals surface area contributed by atoms with Gasteiger partial charge >= 0.3 is 0 Å². The topological polar surface area (TPSA) is 88.9 Å². The van der Waals surface area contributed by atoms with Crippen molar-refractivity contribution in [1.82, 2.24) is 25.4 Å². The molecule has 7 nitrogen and oxygen atoms in total. The first-order valence-electron chi connectivity index (χ1n) is 7.95. The number of hydrogen-bond acceptors (Lipinski definition) is 4. The van der Waals surface area contributed by atoms with Crippen molar-refractivity contribution in [3.8, 4) is 5.69 Å². The van der Waals surface area contributed by atoms with Gasteiger partial charge in [-0.2, -0.15) is 5.10 Å². The number of para-hydroxylation sites is 1. The van der Waals surface area contributed by atoms with E-state index in [1.54, 1.807) is 11.0 Å². The molecule has 2 rings (SSSR count). The van der Waals surface area contributed by atoms with E-state index in [1.807, 2.05) is 38.1 Å². The maximum absolute atomic E-state index is 12.4. The highest BCUT2D eigenvalue weighted by atomic mass is 16.2. The Kier molecular flexibility index (Phi) is 6.06. The zero-order chi connectivity index (χ0) is 17.5. The molecule has 0 fully saturated rings. The van der Waals surface area contributed by atoms with E-state index in [4.69, 9.17) is 0 Å². The van der Waals surface area contributed by atoms with Crippen LogP contribution in [0.25, 0.3) is 5.69 Å². The van der Waals surface area contributed by atoms with Crippen LogP contribution < -0.4 is 10.6 Å². The molecule has 0 spiro atoms. The highest BCUT2D eigenvalue weighted by Crippen LogP contribution is 2.13. The van der Waals surface area contributed by atoms with Gasteiger partial charge in [-0.3, -0.25) is 9.59 Å². The average Bonchev–Trinajstić information content (AvgIpc) is 3.05. The Balaban J connectivity index is 2.06. The quantitative estimate of drug-likeness (QED) is 0.804. The van der Waals surface area contributed by atoms with Crippen molar-refractivity contribution in [2.45, 2.75) is 39.8 Å². The van der Waals surface area contributed by atoms with Crippen molar-refractivity contribution in [3.63, 3.8) is 0 Å². The van der Waals surface area contributed by atoms with Gasteiger partial charge in [0.2, 0.25) is 11.8 Å². The molecule has 0 aliphatic rings. The summed E-state index contributed by atoms with van der Waals surface area (Å²) in [7, 11) is 0. The molecule has 0 saturated carbocycles. The van der Waals surface area contributed by atoms with Crippen molar-refractivity contribution in [3.05, 3.63) is 42.5 Å². The number of hydrogen-bond donors (Lipinski definition) is 2. The smallest absolute Gasteiger partial charge is 0.242 e. The zero-order valence-corrected chi connectivity index (χ0v) is 14.2. The number of aromatic nitrogens is 3. The molecule has 0 saturated heterocycles. The fraction of sp³-hybridized carbons (Fsp3) is 0.412. The van der Waals surface area contributed by atoms with E-state index in [-0.39, 0.29) is 11.8 Å². The van der Waals surface area contributed by atoms with Gasteiger partial charge in [-0.05, 0) is 24.0 Å². The maximum atomic E-state index is 12.4. The van der Waals surface area contributed by atoms with Crippen molar-refractivity contribution >= 4 is 11.8 Å². The number of rotatable bonds is 7. The molecule has 7 heteroatoms. The summed E-state index contributed by atoms with van der Waals surface area (Å²) in [6.45, 7) is 5.80. The minimum Gasteiger partial charge on any atom is -0.350 e. The van der Waals surface area contributed by atoms with E-state index in [0.717, 1.165) is 11.3 Å². The molecule has 24 heavy (non-hydrogen) atoms. The van der Waals surface area contributed by atoms with Crippen LogP contribution in [0.4, 0.5) is 0 Å². The molecule has 2 aromatic rings. The highest BCUT2D eigenvalue weighted by molar-refractivity contribution is 5.86. The van der Waals surface area contributed by atoms with Crippen LogP contribution >= 0.6 is 0 Å². The van der Waals surface area contributed by atoms with E-state index in [0.29, 0.717) is 18.9 Å². The first kappa shape index (κ1) is 17.7. The van der Waals surface area contributed by atoms with Crippen LogP contribution in [-0.4, -0.2) is 32.6 Å². The minimum atomic E-state index is -0.527. The fourth-order valence-corrected chi connectivity index (χ4v) is 2.47. The van der Waals surface area contributed by atoms with Gasteiger partial charge in [0.05, 0.1) is 5.69 Å². The molecule has 1 aromatic carbocycles. The van der Waals surface area contributed by atoms with Gasteiger partial charge in [-0.25, -0.2) is 9.67 Å². The summed E-state index contributed by atoms with van der Waals surface area (Å²) in [6.07, 6.45) is 3.67. The second-order valence-electron chi connectivity index (χ2n) is 6.07. The molecule has 2 N–H and O–H groups in total. The molecule has 2 amide bonds. The number of carbonyl (C=O) groups is 2. The Bertz CT molecular complexity index is 682. The van der Waals surface area contributed by atoms with E-state index >= 15 is 0 Å². The lowest BCUT2D eigenvalue weighted by Gasteiger charge is -2.20. The number of carbonyl (C=O) groups excluding carboxylic acids is 2. The van der Waals surface area contributed by atoms with Crippen molar-refractivity contribution in [2.75, 3.05) is 0 Å². The van der Waals surface area contributed by atoms with Gasteiger partial charge in [0.15, 0.2) is 0 Å². The van der Waals surface area contributed by atoms with Crippen LogP contribution in [0.15, 0.2) is 36.9 Å². The van der Waals surface area contributed by atoms with Gasteiger partial charge in [0.1, 0.15) is 18.7 Å². The summed E-state index contributed by atoms with van der Waals surface area (Å²) in [5.74, 6) is -0.0962. The Morgan fingerprint density at radius 3 is 2.62 bits per heavy atom. The second-order valence-corrected chi connectivity index (χ2v) is 6.07. The summed E-state index contributed by atoms with van der Waals surface area (Å²) < 4.78 is 1.65. The summed E-state index contributed by atoms with van der Waals surface area (Å²) >= 11 is 0. The molecule has 128 valence electrons. The Morgan fingerprint density at radius 2 is 2.00 bits per heavy atom. The molecule has 1 heterocycles. The third kappa shape index (κ3) is 4.91. The normalized spacial score (nSPS) is 12.0. The Morgan fingerprint density at radius 1 is 1.25 bits per heavy atom. The Hall–Kier alpha value is -2.70. The largest absolute Gasteiger partial charge is 0.350 e. The van der Waals surface area contributed by atoms with Crippen LogP contribution in [-0.2, 0) is 16.1 Å². The van der Waals surface area contributed by atoms with Gasteiger partial charge in [0.25, 0.3) is 0 Å². The van der Waals surface area contributed by atoms with Gasteiger partial charge in [-0.1, -0.05) is 32.0 Å². The van der Waals surface area contributed by atoms with Crippen LogP contribution in [0.5, 0.6) is 0 Å². The third-order valence-corrected chi connectivity index (χ3v) is 3.51. The predicted molar refractivity (Wildman–Crippen MR) is 90.3 cm³/mol. The van der Waals surface area contributed by atoms with Gasteiger partial charge in [0, 0.05) is 13.5 Å². The summed E-state index contributed by atoms with van der Waals surface area (Å²) in [4.78, 5) is 27.7. The zero-order valence-electron chi connectivity index (χ0n) is 14.2. The fourth-order valence-electron chi connectivity index (χ4n) is 2.47. The SMILES string of the molecule is CC(=O)N[C@@H](CC(C)C)C(=O)NCc1ccccc1-n1cncn1. The van der Waals surface area contributed by atoms with Crippen molar-refractivity contribution < 1.29 is 9.59 Å². The molecular weight excluding hydrogens is 306 g/mol. The number of benzene rings is 1. The molecule has 0 aliphatic heterocycles. The summed E-state index contributed by atoms with van der Waals surface area (Å²) in [6, 6.07) is 7.12. The van der Waals surface area contributed by atoms with Crippen LogP contribution in [0.3, 0.4) is 0 Å². The van der Waals surface area contributed by atoms with Crippen LogP contribution in [0.1, 0.15) is 32.8 Å². The van der Waals surface area contributed by atoms with Crippen molar-refractivity contribution in [2.24, 2.45) is 5.92 Å². The molecule has 1 aromatic heterocycles. The highest BCUT2D eigenvalue weighted by Gasteiger charge is 2.20. The minimum absolute atomic E-state index is 0.188. The van der Waals surface area contributed by atoms with E-state index < -0.39 is 6.04 Å². The molecule has 0 unspecified atom stereocenters. The average molecular weight is 329 g/mol. The van der Waals surface area contributed by atoms with E-state index in [2.05, 4.69) is 20.7 Å². The lowest BCUT2D eigenvalue weighted by molar-refractivity contribution is -0.128. The first-order chi connectivity index (χ1) is 11.5. The van der Waals surface area contributed by atoms with Crippen LogP contribution in [0, 0.1) is 5.92 Å². The molecule has 1 atom stereocenters.